The number of hydrogen-bond acceptors (Lipinski definition) is 3. The fraction of sp³-hybridized carbons (Fsp3) is 0.323. The molecule has 6 rings (SSSR count). The number of carbonyl (C=O) groups is 1. The van der Waals surface area contributed by atoms with Crippen molar-refractivity contribution in [3.8, 4) is 22.5 Å². The fourth-order valence-corrected chi connectivity index (χ4v) is 6.11. The smallest absolute Gasteiger partial charge is 0.321 e. The Labute approximate surface area is 212 Å². The average Bonchev–Trinajstić information content (AvgIpc) is 3.27. The molecule has 182 valence electrons. The van der Waals surface area contributed by atoms with Crippen LogP contribution in [0.25, 0.3) is 33.5 Å². The van der Waals surface area contributed by atoms with Crippen molar-refractivity contribution in [2.45, 2.75) is 39.7 Å². The molecule has 3 atom stereocenters. The molecule has 2 aliphatic rings. The first-order chi connectivity index (χ1) is 17.4. The summed E-state index contributed by atoms with van der Waals surface area (Å²) in [7, 11) is 0. The molecule has 5 nitrogen and oxygen atoms in total. The van der Waals surface area contributed by atoms with Gasteiger partial charge in [-0.1, -0.05) is 81.4 Å². The van der Waals surface area contributed by atoms with Gasteiger partial charge in [-0.3, -0.25) is 0 Å². The summed E-state index contributed by atoms with van der Waals surface area (Å²) in [6.45, 7) is 7.87. The summed E-state index contributed by atoms with van der Waals surface area (Å²) in [5, 5.41) is 3.16. The van der Waals surface area contributed by atoms with E-state index in [9.17, 15) is 4.79 Å². The number of hydrogen-bond donors (Lipinski definition) is 1. The van der Waals surface area contributed by atoms with Gasteiger partial charge in [-0.25, -0.2) is 14.8 Å². The van der Waals surface area contributed by atoms with Crippen molar-refractivity contribution in [2.75, 3.05) is 11.9 Å². The van der Waals surface area contributed by atoms with Gasteiger partial charge in [-0.05, 0) is 48.3 Å². The number of nitrogens with zero attached hydrogens (tertiary/aromatic N) is 3. The number of urea groups is 1. The summed E-state index contributed by atoms with van der Waals surface area (Å²) >= 11 is 0. The van der Waals surface area contributed by atoms with Crippen LogP contribution in [0.3, 0.4) is 0 Å². The Balaban J connectivity index is 1.33. The monoisotopic (exact) mass is 476 g/mol. The SMILES string of the molecule is C[C@@H]1[C@H]2C[C@@H](CC1(C)C)N(C(=O)Nc1ccc3nc(-c4ccccc4)c(-c4ccccc4)nc3c1)C2. The van der Waals surface area contributed by atoms with Crippen molar-refractivity contribution in [1.29, 1.82) is 0 Å². The Hall–Kier alpha value is -3.73. The van der Waals surface area contributed by atoms with Crippen LogP contribution in [0.4, 0.5) is 10.5 Å². The van der Waals surface area contributed by atoms with E-state index >= 15 is 0 Å². The highest BCUT2D eigenvalue weighted by atomic mass is 16.2. The molecular formula is C31H32N4O. The van der Waals surface area contributed by atoms with Crippen molar-refractivity contribution < 1.29 is 4.79 Å². The van der Waals surface area contributed by atoms with Crippen LogP contribution in [0, 0.1) is 17.3 Å². The number of anilines is 1. The highest BCUT2D eigenvalue weighted by molar-refractivity contribution is 5.93. The van der Waals surface area contributed by atoms with Crippen molar-refractivity contribution in [2.24, 2.45) is 17.3 Å². The van der Waals surface area contributed by atoms with Crippen LogP contribution in [0.15, 0.2) is 78.9 Å². The first-order valence-corrected chi connectivity index (χ1v) is 12.9. The molecule has 2 heterocycles. The normalized spacial score (nSPS) is 22.5. The van der Waals surface area contributed by atoms with Gasteiger partial charge in [0.1, 0.15) is 0 Å². The van der Waals surface area contributed by atoms with Crippen molar-refractivity contribution in [1.82, 2.24) is 14.9 Å². The quantitative estimate of drug-likeness (QED) is 0.339. The van der Waals surface area contributed by atoms with E-state index in [0.29, 0.717) is 17.9 Å². The van der Waals surface area contributed by atoms with Crippen LogP contribution in [-0.4, -0.2) is 33.5 Å². The molecule has 0 radical (unpaired) electrons. The minimum absolute atomic E-state index is 0.0103. The third-order valence-corrected chi connectivity index (χ3v) is 8.42. The summed E-state index contributed by atoms with van der Waals surface area (Å²) in [5.74, 6) is 1.20. The molecule has 5 heteroatoms. The molecule has 2 bridgehead atoms. The van der Waals surface area contributed by atoms with E-state index in [4.69, 9.17) is 9.97 Å². The molecule has 0 unspecified atom stereocenters. The van der Waals surface area contributed by atoms with Crippen LogP contribution in [0.5, 0.6) is 0 Å². The highest BCUT2D eigenvalue weighted by Crippen LogP contribution is 2.49. The molecule has 1 N–H and O–H groups in total. The van der Waals surface area contributed by atoms with Gasteiger partial charge < -0.3 is 10.2 Å². The molecule has 36 heavy (non-hydrogen) atoms. The molecule has 1 aliphatic carbocycles. The van der Waals surface area contributed by atoms with Gasteiger partial charge in [0.2, 0.25) is 0 Å². The highest BCUT2D eigenvalue weighted by Gasteiger charge is 2.48. The molecule has 3 aromatic carbocycles. The Morgan fingerprint density at radius 1 is 0.889 bits per heavy atom. The number of aromatic nitrogens is 2. The number of carbonyl (C=O) groups excluding carboxylic acids is 1. The topological polar surface area (TPSA) is 58.1 Å². The molecule has 2 fully saturated rings. The summed E-state index contributed by atoms with van der Waals surface area (Å²) in [4.78, 5) is 25.4. The molecular weight excluding hydrogens is 444 g/mol. The summed E-state index contributed by atoms with van der Waals surface area (Å²) < 4.78 is 0. The van der Waals surface area contributed by atoms with Gasteiger partial charge in [0.25, 0.3) is 0 Å². The van der Waals surface area contributed by atoms with Gasteiger partial charge in [-0.2, -0.15) is 0 Å². The lowest BCUT2D eigenvalue weighted by Crippen LogP contribution is -2.41. The van der Waals surface area contributed by atoms with Crippen molar-refractivity contribution in [3.05, 3.63) is 78.9 Å². The Morgan fingerprint density at radius 2 is 1.50 bits per heavy atom. The summed E-state index contributed by atoms with van der Waals surface area (Å²) in [5.41, 5.74) is 6.32. The van der Waals surface area contributed by atoms with Crippen LogP contribution >= 0.6 is 0 Å². The standard InChI is InChI=1S/C31H32N4O/c1-20-23-16-25(18-31(20,2)3)35(19-23)30(36)32-24-14-15-26-27(17-24)34-29(22-12-8-5-9-13-22)28(33-26)21-10-6-4-7-11-21/h4-15,17,20,23,25H,16,18-19H2,1-3H3,(H,32,36)/t20-,23+,25+/m1/s1. The van der Waals surface area contributed by atoms with Crippen molar-refractivity contribution >= 4 is 22.8 Å². The van der Waals surface area contributed by atoms with Gasteiger partial charge in [0, 0.05) is 29.4 Å². The summed E-state index contributed by atoms with van der Waals surface area (Å²) in [6, 6.07) is 26.4. The molecule has 1 saturated carbocycles. The zero-order valence-electron chi connectivity index (χ0n) is 21.1. The molecule has 2 amide bonds. The number of likely N-dealkylation sites (tertiary alicyclic amines) is 1. The van der Waals surface area contributed by atoms with Crippen LogP contribution < -0.4 is 5.32 Å². The van der Waals surface area contributed by atoms with Crippen LogP contribution in [0.2, 0.25) is 0 Å². The second kappa shape index (κ2) is 8.74. The zero-order valence-corrected chi connectivity index (χ0v) is 21.1. The Kier molecular flexibility index (Phi) is 5.51. The molecule has 0 spiro atoms. The predicted molar refractivity (Wildman–Crippen MR) is 146 cm³/mol. The zero-order chi connectivity index (χ0) is 24.9. The summed E-state index contributed by atoms with van der Waals surface area (Å²) in [6.07, 6.45) is 2.17. The number of fused-ring (bicyclic) bond motifs is 3. The maximum absolute atomic E-state index is 13.3. The first-order valence-electron chi connectivity index (χ1n) is 12.9. The maximum atomic E-state index is 13.3. The minimum Gasteiger partial charge on any atom is -0.321 e. The maximum Gasteiger partial charge on any atom is 0.322 e. The van der Waals surface area contributed by atoms with Crippen molar-refractivity contribution in [3.63, 3.8) is 0 Å². The molecule has 1 aliphatic heterocycles. The first kappa shape index (κ1) is 22.7. The lowest BCUT2D eigenvalue weighted by molar-refractivity contribution is 0.104. The van der Waals surface area contributed by atoms with E-state index in [1.165, 1.54) is 0 Å². The Bertz CT molecular complexity index is 1420. The third kappa shape index (κ3) is 4.02. The molecule has 1 aromatic heterocycles. The largest absolute Gasteiger partial charge is 0.322 e. The van der Waals surface area contributed by atoms with Crippen LogP contribution in [0.1, 0.15) is 33.6 Å². The number of amides is 2. The number of benzene rings is 3. The van der Waals surface area contributed by atoms with E-state index < -0.39 is 0 Å². The van der Waals surface area contributed by atoms with E-state index in [0.717, 1.165) is 58.6 Å². The second-order valence-electron chi connectivity index (χ2n) is 11.1. The number of nitrogens with one attached hydrogen (secondary N) is 1. The second-order valence-corrected chi connectivity index (χ2v) is 11.1. The average molecular weight is 477 g/mol. The van der Waals surface area contributed by atoms with E-state index in [-0.39, 0.29) is 11.4 Å². The van der Waals surface area contributed by atoms with Gasteiger partial charge in [0.05, 0.1) is 22.4 Å². The minimum atomic E-state index is -0.0103. The van der Waals surface area contributed by atoms with E-state index in [2.05, 4.69) is 55.3 Å². The van der Waals surface area contributed by atoms with Gasteiger partial charge >= 0.3 is 6.03 Å². The number of rotatable bonds is 3. The van der Waals surface area contributed by atoms with E-state index in [1.807, 2.05) is 54.6 Å². The van der Waals surface area contributed by atoms with Gasteiger partial charge in [-0.15, -0.1) is 0 Å². The molecule has 1 saturated heterocycles. The van der Waals surface area contributed by atoms with E-state index in [1.54, 1.807) is 0 Å². The van der Waals surface area contributed by atoms with Crippen LogP contribution in [-0.2, 0) is 0 Å². The lowest BCUT2D eigenvalue weighted by atomic mass is 9.65. The lowest BCUT2D eigenvalue weighted by Gasteiger charge is -2.40. The fourth-order valence-electron chi connectivity index (χ4n) is 6.11. The molecule has 4 aromatic rings. The third-order valence-electron chi connectivity index (χ3n) is 8.42. The predicted octanol–water partition coefficient (Wildman–Crippen LogP) is 7.25. The Morgan fingerprint density at radius 3 is 2.14 bits per heavy atom. The van der Waals surface area contributed by atoms with Gasteiger partial charge in [0.15, 0.2) is 0 Å².